The minimum atomic E-state index is -0.346. The van der Waals surface area contributed by atoms with E-state index in [9.17, 15) is 0 Å². The van der Waals surface area contributed by atoms with E-state index in [-0.39, 0.29) is 6.17 Å². The third-order valence-electron chi connectivity index (χ3n) is 10.1. The van der Waals surface area contributed by atoms with Crippen molar-refractivity contribution in [1.82, 2.24) is 9.88 Å². The van der Waals surface area contributed by atoms with Crippen molar-refractivity contribution in [3.05, 3.63) is 174 Å². The summed E-state index contributed by atoms with van der Waals surface area (Å²) in [6.07, 6.45) is -0.346. The molecule has 1 atom stereocenters. The Labute approximate surface area is 291 Å². The number of aromatic nitrogens is 1. The second kappa shape index (κ2) is 10.8. The molecule has 6 heteroatoms. The van der Waals surface area contributed by atoms with Crippen LogP contribution in [0.5, 0.6) is 0 Å². The number of hydrogen-bond donors (Lipinski definition) is 1. The van der Waals surface area contributed by atoms with Crippen LogP contribution >= 0.6 is 0 Å². The maximum absolute atomic E-state index is 6.79. The van der Waals surface area contributed by atoms with Crippen LogP contribution in [0.25, 0.3) is 71.4 Å². The number of rotatable bonds is 4. The number of aliphatic imine (C=N–C) groups is 2. The minimum Gasteiger partial charge on any atom is -0.456 e. The summed E-state index contributed by atoms with van der Waals surface area (Å²) in [5, 5.41) is 10.3. The van der Waals surface area contributed by atoms with Crippen molar-refractivity contribution >= 4 is 77.4 Å². The van der Waals surface area contributed by atoms with Gasteiger partial charge in [0.05, 0.1) is 16.7 Å². The first-order valence-electron chi connectivity index (χ1n) is 17.1. The smallest absolute Gasteiger partial charge is 0.159 e. The molecule has 0 fully saturated rings. The highest BCUT2D eigenvalue weighted by Crippen LogP contribution is 2.39. The first kappa shape index (κ1) is 28.0. The molecule has 11 rings (SSSR count). The molecule has 0 bridgehead atoms. The van der Waals surface area contributed by atoms with Gasteiger partial charge < -0.3 is 18.7 Å². The highest BCUT2D eigenvalue weighted by molar-refractivity contribution is 6.23. The number of hydrogen-bond acceptors (Lipinski definition) is 5. The molecule has 0 amide bonds. The Kier molecular flexibility index (Phi) is 5.92. The number of amidine groups is 2. The number of para-hydroxylation sites is 4. The highest BCUT2D eigenvalue weighted by atomic mass is 16.3. The maximum atomic E-state index is 6.79. The van der Waals surface area contributed by atoms with Crippen LogP contribution in [-0.2, 0) is 0 Å². The molecular formula is C45H28N4O2. The van der Waals surface area contributed by atoms with E-state index >= 15 is 0 Å². The molecule has 240 valence electrons. The highest BCUT2D eigenvalue weighted by Gasteiger charge is 2.25. The second-order valence-corrected chi connectivity index (χ2v) is 13.0. The summed E-state index contributed by atoms with van der Waals surface area (Å²) < 4.78 is 15.4. The molecular weight excluding hydrogens is 629 g/mol. The molecule has 0 spiro atoms. The van der Waals surface area contributed by atoms with E-state index in [0.717, 1.165) is 83.1 Å². The van der Waals surface area contributed by atoms with E-state index in [1.807, 2.05) is 48.5 Å². The molecule has 4 heterocycles. The zero-order valence-electron chi connectivity index (χ0n) is 27.2. The van der Waals surface area contributed by atoms with E-state index in [2.05, 4.69) is 119 Å². The molecule has 3 aromatic heterocycles. The summed E-state index contributed by atoms with van der Waals surface area (Å²) in [6.45, 7) is 0. The summed E-state index contributed by atoms with van der Waals surface area (Å²) >= 11 is 0. The topological polar surface area (TPSA) is 68.0 Å². The lowest BCUT2D eigenvalue weighted by molar-refractivity contribution is 0.665. The van der Waals surface area contributed by atoms with Crippen LogP contribution in [0.1, 0.15) is 22.9 Å². The van der Waals surface area contributed by atoms with Gasteiger partial charge in [0.15, 0.2) is 11.4 Å². The Morgan fingerprint density at radius 1 is 0.529 bits per heavy atom. The summed E-state index contributed by atoms with van der Waals surface area (Å²) in [5.41, 5.74) is 9.44. The number of benzene rings is 7. The molecule has 6 nitrogen and oxygen atoms in total. The number of nitrogens with one attached hydrogen (secondary N) is 1. The fourth-order valence-electron chi connectivity index (χ4n) is 7.77. The van der Waals surface area contributed by atoms with Crippen LogP contribution in [0.15, 0.2) is 177 Å². The molecule has 10 aromatic rings. The lowest BCUT2D eigenvalue weighted by atomic mass is 10.0. The maximum Gasteiger partial charge on any atom is 0.159 e. The minimum absolute atomic E-state index is 0.346. The average Bonchev–Trinajstić information content (AvgIpc) is 3.87. The molecule has 0 radical (unpaired) electrons. The Morgan fingerprint density at radius 3 is 2.02 bits per heavy atom. The molecule has 1 aliphatic heterocycles. The Hall–Kier alpha value is -6.92. The van der Waals surface area contributed by atoms with Gasteiger partial charge in [0.1, 0.15) is 28.8 Å². The van der Waals surface area contributed by atoms with Crippen LogP contribution in [0.3, 0.4) is 0 Å². The van der Waals surface area contributed by atoms with Gasteiger partial charge in [0.2, 0.25) is 0 Å². The van der Waals surface area contributed by atoms with Crippen LogP contribution in [0.2, 0.25) is 0 Å². The normalized spacial score (nSPS) is 14.9. The van der Waals surface area contributed by atoms with Gasteiger partial charge in [-0.2, -0.15) is 0 Å². The van der Waals surface area contributed by atoms with Crippen LogP contribution in [0, 0.1) is 0 Å². The molecule has 0 aliphatic carbocycles. The van der Waals surface area contributed by atoms with Crippen LogP contribution < -0.4 is 5.32 Å². The molecule has 7 aromatic carbocycles. The van der Waals surface area contributed by atoms with E-state index in [4.69, 9.17) is 18.8 Å². The third-order valence-corrected chi connectivity index (χ3v) is 10.1. The van der Waals surface area contributed by atoms with Crippen LogP contribution in [0.4, 0.5) is 0 Å². The van der Waals surface area contributed by atoms with Gasteiger partial charge in [-0.1, -0.05) is 115 Å². The van der Waals surface area contributed by atoms with Gasteiger partial charge in [-0.3, -0.25) is 0 Å². The Bertz CT molecular complexity index is 3020. The molecule has 1 N–H and O–H groups in total. The predicted molar refractivity (Wildman–Crippen MR) is 207 cm³/mol. The van der Waals surface area contributed by atoms with Crippen molar-refractivity contribution in [3.63, 3.8) is 0 Å². The largest absolute Gasteiger partial charge is 0.456 e. The standard InChI is InChI=1S/C45H28N4O2/c1-2-12-27(13-3-1)43-46-44(28-24-25-32-31-16-6-9-22-38(31)50-40(32)26-28)48-45(47-43)34-18-11-23-39-41(34)33-17-10-21-37(42(33)51-39)49-35-19-7-4-14-29(35)30-15-5-8-20-36(30)49/h1-26,43H,(H,46,47,48). The van der Waals surface area contributed by atoms with Gasteiger partial charge in [-0.05, 0) is 48.0 Å². The fourth-order valence-corrected chi connectivity index (χ4v) is 7.77. The monoisotopic (exact) mass is 656 g/mol. The second-order valence-electron chi connectivity index (χ2n) is 13.0. The summed E-state index contributed by atoms with van der Waals surface area (Å²) in [4.78, 5) is 10.4. The van der Waals surface area contributed by atoms with Crippen LogP contribution in [-0.4, -0.2) is 16.2 Å². The van der Waals surface area contributed by atoms with E-state index in [0.29, 0.717) is 5.84 Å². The molecule has 1 unspecified atom stereocenters. The van der Waals surface area contributed by atoms with Crippen molar-refractivity contribution in [3.8, 4) is 5.69 Å². The van der Waals surface area contributed by atoms with E-state index in [1.165, 1.54) is 10.8 Å². The molecule has 0 saturated carbocycles. The van der Waals surface area contributed by atoms with Gasteiger partial charge in [-0.25, -0.2) is 9.98 Å². The number of fused-ring (bicyclic) bond motifs is 9. The summed E-state index contributed by atoms with van der Waals surface area (Å²) in [6, 6.07) is 54.4. The zero-order valence-corrected chi connectivity index (χ0v) is 27.2. The third kappa shape index (κ3) is 4.23. The number of furan rings is 2. The lowest BCUT2D eigenvalue weighted by Crippen LogP contribution is -2.33. The van der Waals surface area contributed by atoms with Gasteiger partial charge in [-0.15, -0.1) is 0 Å². The number of nitrogens with zero attached hydrogens (tertiary/aromatic N) is 3. The van der Waals surface area contributed by atoms with Gasteiger partial charge in [0, 0.05) is 43.4 Å². The summed E-state index contributed by atoms with van der Waals surface area (Å²) in [7, 11) is 0. The molecule has 1 aliphatic rings. The van der Waals surface area contributed by atoms with Crippen molar-refractivity contribution in [2.45, 2.75) is 6.17 Å². The van der Waals surface area contributed by atoms with Crippen molar-refractivity contribution in [1.29, 1.82) is 0 Å². The van der Waals surface area contributed by atoms with Crippen molar-refractivity contribution < 1.29 is 8.83 Å². The van der Waals surface area contributed by atoms with E-state index in [1.54, 1.807) is 0 Å². The SMILES string of the molecule is c1ccc(C2N=C(c3ccc4c(c3)oc3ccccc34)N=C(c3cccc4oc5c(-n6c7ccccc7c7ccccc76)cccc5c34)N2)cc1. The lowest BCUT2D eigenvalue weighted by Gasteiger charge is -2.24. The van der Waals surface area contributed by atoms with E-state index < -0.39 is 0 Å². The summed E-state index contributed by atoms with van der Waals surface area (Å²) in [5.74, 6) is 1.37. The fraction of sp³-hybridized carbons (Fsp3) is 0.0222. The van der Waals surface area contributed by atoms with Crippen molar-refractivity contribution in [2.24, 2.45) is 9.98 Å². The molecule has 51 heavy (non-hydrogen) atoms. The average molecular weight is 657 g/mol. The van der Waals surface area contributed by atoms with Crippen molar-refractivity contribution in [2.75, 3.05) is 0 Å². The Morgan fingerprint density at radius 2 is 1.20 bits per heavy atom. The van der Waals surface area contributed by atoms with Gasteiger partial charge in [0.25, 0.3) is 0 Å². The first-order chi connectivity index (χ1) is 25.3. The zero-order chi connectivity index (χ0) is 33.5. The molecule has 0 saturated heterocycles. The Balaban J connectivity index is 1.12. The predicted octanol–water partition coefficient (Wildman–Crippen LogP) is 11.1. The first-order valence-corrected chi connectivity index (χ1v) is 17.1. The van der Waals surface area contributed by atoms with Gasteiger partial charge >= 0.3 is 0 Å². The quantitative estimate of drug-likeness (QED) is 0.205.